The first-order chi connectivity index (χ1) is 13.1. The zero-order chi connectivity index (χ0) is 19.2. The summed E-state index contributed by atoms with van der Waals surface area (Å²) in [6.07, 6.45) is 2.72. The van der Waals surface area contributed by atoms with E-state index in [-0.39, 0.29) is 0 Å². The molecule has 0 bridgehead atoms. The number of rotatable bonds is 6. The highest BCUT2D eigenvalue weighted by atomic mass is 16.5. The summed E-state index contributed by atoms with van der Waals surface area (Å²) >= 11 is 0. The van der Waals surface area contributed by atoms with Gasteiger partial charge in [0.25, 0.3) is 0 Å². The molecule has 4 nitrogen and oxygen atoms in total. The van der Waals surface area contributed by atoms with Gasteiger partial charge in [0, 0.05) is 23.1 Å². The van der Waals surface area contributed by atoms with Crippen molar-refractivity contribution in [2.24, 2.45) is 0 Å². The summed E-state index contributed by atoms with van der Waals surface area (Å²) in [7, 11) is 1.65. The molecule has 0 heterocycles. The first-order valence-electron chi connectivity index (χ1n) is 8.59. The summed E-state index contributed by atoms with van der Waals surface area (Å²) in [6, 6.07) is 23.9. The Morgan fingerprint density at radius 3 is 2.07 bits per heavy atom. The van der Waals surface area contributed by atoms with Gasteiger partial charge in [0.1, 0.15) is 5.75 Å². The van der Waals surface area contributed by atoms with E-state index in [1.165, 1.54) is 0 Å². The number of aliphatic carboxylic acids is 1. The van der Waals surface area contributed by atoms with Crippen LogP contribution >= 0.6 is 0 Å². The van der Waals surface area contributed by atoms with Gasteiger partial charge in [-0.15, -0.1) is 0 Å². The van der Waals surface area contributed by atoms with Crippen molar-refractivity contribution in [2.75, 3.05) is 12.0 Å². The molecule has 27 heavy (non-hydrogen) atoms. The number of para-hydroxylation sites is 1. The Kier molecular flexibility index (Phi) is 5.57. The van der Waals surface area contributed by atoms with Gasteiger partial charge < -0.3 is 14.7 Å². The highest BCUT2D eigenvalue weighted by Gasteiger charge is 2.14. The smallest absolute Gasteiger partial charge is 0.328 e. The van der Waals surface area contributed by atoms with Crippen molar-refractivity contribution < 1.29 is 14.6 Å². The second kappa shape index (κ2) is 8.23. The number of nitrogens with zero attached hydrogens (tertiary/aromatic N) is 1. The molecular weight excluding hydrogens is 338 g/mol. The van der Waals surface area contributed by atoms with E-state index >= 15 is 0 Å². The number of hydrogen-bond donors (Lipinski definition) is 1. The fraction of sp³-hybridized carbons (Fsp3) is 0.0870. The van der Waals surface area contributed by atoms with E-state index in [4.69, 9.17) is 9.84 Å². The van der Waals surface area contributed by atoms with E-state index in [9.17, 15) is 4.79 Å². The van der Waals surface area contributed by atoms with Crippen LogP contribution in [0.4, 0.5) is 17.1 Å². The number of benzene rings is 3. The van der Waals surface area contributed by atoms with E-state index in [0.29, 0.717) is 0 Å². The van der Waals surface area contributed by atoms with Crippen LogP contribution in [0.25, 0.3) is 6.08 Å². The molecule has 0 unspecified atom stereocenters. The van der Waals surface area contributed by atoms with Crippen molar-refractivity contribution in [3.63, 3.8) is 0 Å². The summed E-state index contributed by atoms with van der Waals surface area (Å²) in [4.78, 5) is 12.9. The molecule has 0 amide bonds. The van der Waals surface area contributed by atoms with E-state index in [1.807, 2.05) is 60.7 Å². The first-order valence-corrected chi connectivity index (χ1v) is 8.59. The average Bonchev–Trinajstić information content (AvgIpc) is 2.69. The molecule has 0 fully saturated rings. The zero-order valence-electron chi connectivity index (χ0n) is 15.3. The highest BCUT2D eigenvalue weighted by Crippen LogP contribution is 2.37. The maximum absolute atomic E-state index is 10.7. The predicted molar refractivity (Wildman–Crippen MR) is 109 cm³/mol. The normalized spacial score (nSPS) is 10.7. The van der Waals surface area contributed by atoms with Crippen LogP contribution in [0.1, 0.15) is 11.1 Å². The quantitative estimate of drug-likeness (QED) is 0.585. The van der Waals surface area contributed by atoms with Crippen LogP contribution in [0.5, 0.6) is 5.75 Å². The van der Waals surface area contributed by atoms with Crippen molar-refractivity contribution >= 4 is 29.1 Å². The van der Waals surface area contributed by atoms with Crippen LogP contribution in [0.2, 0.25) is 0 Å². The molecular formula is C23H21NO3. The Morgan fingerprint density at radius 1 is 0.926 bits per heavy atom. The standard InChI is InChI=1S/C23H21NO3/c1-17-5-3-4-6-22(17)24(20-12-14-21(27-2)15-13-20)19-10-7-18(8-11-19)9-16-23(25)26/h3-16H,1-2H3,(H,25,26)/b16-9+. The number of hydrogen-bond acceptors (Lipinski definition) is 3. The topological polar surface area (TPSA) is 49.8 Å². The number of anilines is 3. The lowest BCUT2D eigenvalue weighted by atomic mass is 10.1. The van der Waals surface area contributed by atoms with Crippen molar-refractivity contribution in [3.05, 3.63) is 90.0 Å². The third kappa shape index (κ3) is 4.36. The molecule has 0 spiro atoms. The van der Waals surface area contributed by atoms with Gasteiger partial charge in [-0.3, -0.25) is 0 Å². The van der Waals surface area contributed by atoms with Gasteiger partial charge in [0.2, 0.25) is 0 Å². The molecule has 0 aliphatic heterocycles. The molecule has 0 aromatic heterocycles. The second-order valence-electron chi connectivity index (χ2n) is 6.08. The number of aryl methyl sites for hydroxylation is 1. The minimum Gasteiger partial charge on any atom is -0.497 e. The molecule has 0 saturated heterocycles. The van der Waals surface area contributed by atoms with Crippen LogP contribution < -0.4 is 9.64 Å². The van der Waals surface area contributed by atoms with Crippen LogP contribution in [0.15, 0.2) is 78.9 Å². The van der Waals surface area contributed by atoms with Crippen LogP contribution in [0, 0.1) is 6.92 Å². The molecule has 0 aliphatic carbocycles. The molecule has 4 heteroatoms. The summed E-state index contributed by atoms with van der Waals surface area (Å²) in [5, 5.41) is 8.78. The Labute approximate surface area is 159 Å². The average molecular weight is 359 g/mol. The Hall–Kier alpha value is -3.53. The lowest BCUT2D eigenvalue weighted by Gasteiger charge is -2.27. The second-order valence-corrected chi connectivity index (χ2v) is 6.08. The number of carboxylic acids is 1. The molecule has 3 aromatic carbocycles. The van der Waals surface area contributed by atoms with Crippen molar-refractivity contribution in [1.29, 1.82) is 0 Å². The molecule has 3 rings (SSSR count). The van der Waals surface area contributed by atoms with E-state index < -0.39 is 5.97 Å². The van der Waals surface area contributed by atoms with Gasteiger partial charge in [0.05, 0.1) is 7.11 Å². The molecule has 0 atom stereocenters. The Bertz CT molecular complexity index is 944. The third-order valence-corrected chi connectivity index (χ3v) is 4.26. The van der Waals surface area contributed by atoms with E-state index in [0.717, 1.165) is 40.0 Å². The number of methoxy groups -OCH3 is 1. The van der Waals surface area contributed by atoms with Gasteiger partial charge in [-0.25, -0.2) is 4.79 Å². The fourth-order valence-corrected chi connectivity index (χ4v) is 2.87. The van der Waals surface area contributed by atoms with Gasteiger partial charge in [0.15, 0.2) is 0 Å². The minimum atomic E-state index is -0.959. The Morgan fingerprint density at radius 2 is 1.52 bits per heavy atom. The first kappa shape index (κ1) is 18.3. The van der Waals surface area contributed by atoms with Crippen LogP contribution in [0.3, 0.4) is 0 Å². The molecule has 3 aromatic rings. The third-order valence-electron chi connectivity index (χ3n) is 4.26. The molecule has 1 N–H and O–H groups in total. The van der Waals surface area contributed by atoms with Gasteiger partial charge in [-0.05, 0) is 66.6 Å². The Balaban J connectivity index is 2.04. The van der Waals surface area contributed by atoms with Crippen LogP contribution in [-0.4, -0.2) is 18.2 Å². The largest absolute Gasteiger partial charge is 0.497 e. The summed E-state index contributed by atoms with van der Waals surface area (Å²) in [5.74, 6) is -0.156. The number of carboxylic acid groups (broad SMARTS) is 1. The molecule has 0 aliphatic rings. The summed E-state index contributed by atoms with van der Waals surface area (Å²) in [6.45, 7) is 2.08. The van der Waals surface area contributed by atoms with Crippen molar-refractivity contribution in [3.8, 4) is 5.75 Å². The highest BCUT2D eigenvalue weighted by molar-refractivity contribution is 5.85. The van der Waals surface area contributed by atoms with Gasteiger partial charge in [-0.2, -0.15) is 0 Å². The van der Waals surface area contributed by atoms with Crippen LogP contribution in [-0.2, 0) is 4.79 Å². The zero-order valence-corrected chi connectivity index (χ0v) is 15.3. The monoisotopic (exact) mass is 359 g/mol. The SMILES string of the molecule is COc1ccc(N(c2ccc(/C=C/C(=O)O)cc2)c2ccccc2C)cc1. The number of carbonyl (C=O) groups is 1. The van der Waals surface area contributed by atoms with Crippen molar-refractivity contribution in [2.45, 2.75) is 6.92 Å². The van der Waals surface area contributed by atoms with Gasteiger partial charge >= 0.3 is 5.97 Å². The van der Waals surface area contributed by atoms with Crippen molar-refractivity contribution in [1.82, 2.24) is 0 Å². The minimum absolute atomic E-state index is 0.803. The van der Waals surface area contributed by atoms with Gasteiger partial charge in [-0.1, -0.05) is 30.3 Å². The molecule has 136 valence electrons. The van der Waals surface area contributed by atoms with E-state index in [1.54, 1.807) is 13.2 Å². The predicted octanol–water partition coefficient (Wildman–Crippen LogP) is 5.57. The number of ether oxygens (including phenoxy) is 1. The lowest BCUT2D eigenvalue weighted by molar-refractivity contribution is -0.131. The maximum Gasteiger partial charge on any atom is 0.328 e. The summed E-state index contributed by atoms with van der Waals surface area (Å²) in [5.41, 5.74) is 5.07. The molecule has 0 radical (unpaired) electrons. The maximum atomic E-state index is 10.7. The lowest BCUT2D eigenvalue weighted by Crippen LogP contribution is -2.11. The fourth-order valence-electron chi connectivity index (χ4n) is 2.87. The summed E-state index contributed by atoms with van der Waals surface area (Å²) < 4.78 is 5.27. The van der Waals surface area contributed by atoms with E-state index in [2.05, 4.69) is 24.0 Å². The molecule has 0 saturated carbocycles.